The maximum atomic E-state index is 5.90. The molecule has 0 aromatic carbocycles. The molecule has 1 aromatic rings. The maximum absolute atomic E-state index is 5.90. The SMILES string of the molecule is COCc1nc(C2CCCCC2)nc(N)c1Br. The van der Waals surface area contributed by atoms with Gasteiger partial charge in [-0.2, -0.15) is 0 Å². The molecule has 0 aliphatic heterocycles. The van der Waals surface area contributed by atoms with E-state index < -0.39 is 0 Å². The third-order valence-electron chi connectivity index (χ3n) is 3.21. The molecule has 94 valence electrons. The lowest BCUT2D eigenvalue weighted by atomic mass is 9.88. The van der Waals surface area contributed by atoms with Crippen LogP contribution in [0.15, 0.2) is 4.47 Å². The second-order valence-corrected chi connectivity index (χ2v) is 5.29. The van der Waals surface area contributed by atoms with Crippen LogP contribution in [0.25, 0.3) is 0 Å². The molecule has 0 radical (unpaired) electrons. The maximum Gasteiger partial charge on any atom is 0.141 e. The van der Waals surface area contributed by atoms with Crippen LogP contribution in [0, 0.1) is 0 Å². The molecule has 0 unspecified atom stereocenters. The summed E-state index contributed by atoms with van der Waals surface area (Å²) in [6, 6.07) is 0. The Morgan fingerprint density at radius 1 is 1.29 bits per heavy atom. The third-order valence-corrected chi connectivity index (χ3v) is 4.08. The van der Waals surface area contributed by atoms with Crippen LogP contribution in [-0.4, -0.2) is 17.1 Å². The van der Waals surface area contributed by atoms with Gasteiger partial charge in [-0.25, -0.2) is 9.97 Å². The van der Waals surface area contributed by atoms with Crippen molar-refractivity contribution in [3.05, 3.63) is 16.0 Å². The molecule has 1 saturated carbocycles. The number of hydrogen-bond donors (Lipinski definition) is 1. The van der Waals surface area contributed by atoms with E-state index in [2.05, 4.69) is 25.9 Å². The van der Waals surface area contributed by atoms with Gasteiger partial charge in [0.05, 0.1) is 16.8 Å². The monoisotopic (exact) mass is 299 g/mol. The van der Waals surface area contributed by atoms with Crippen LogP contribution in [0.1, 0.15) is 49.5 Å². The zero-order valence-corrected chi connectivity index (χ0v) is 11.7. The van der Waals surface area contributed by atoms with Crippen LogP contribution in [-0.2, 0) is 11.3 Å². The number of hydrogen-bond acceptors (Lipinski definition) is 4. The van der Waals surface area contributed by atoms with Crippen molar-refractivity contribution in [2.75, 3.05) is 12.8 Å². The molecule has 4 nitrogen and oxygen atoms in total. The Bertz CT molecular complexity index is 392. The average molecular weight is 300 g/mol. The molecule has 1 aliphatic rings. The van der Waals surface area contributed by atoms with Crippen LogP contribution in [0.2, 0.25) is 0 Å². The highest BCUT2D eigenvalue weighted by molar-refractivity contribution is 9.10. The quantitative estimate of drug-likeness (QED) is 0.932. The molecule has 0 saturated heterocycles. The van der Waals surface area contributed by atoms with E-state index in [1.165, 1.54) is 32.1 Å². The first-order valence-corrected chi connectivity index (χ1v) is 6.82. The van der Waals surface area contributed by atoms with E-state index in [0.29, 0.717) is 18.3 Å². The second kappa shape index (κ2) is 5.78. The summed E-state index contributed by atoms with van der Waals surface area (Å²) in [6.07, 6.45) is 6.21. The Balaban J connectivity index is 2.27. The molecule has 0 bridgehead atoms. The Morgan fingerprint density at radius 2 is 2.00 bits per heavy atom. The molecule has 0 amide bonds. The van der Waals surface area contributed by atoms with E-state index in [1.54, 1.807) is 7.11 Å². The molecule has 5 heteroatoms. The van der Waals surface area contributed by atoms with Gasteiger partial charge in [0, 0.05) is 13.0 Å². The molecular weight excluding hydrogens is 282 g/mol. The first kappa shape index (κ1) is 12.8. The fourth-order valence-electron chi connectivity index (χ4n) is 2.31. The molecule has 2 rings (SSSR count). The number of ether oxygens (including phenoxy) is 1. The number of anilines is 1. The fraction of sp³-hybridized carbons (Fsp3) is 0.667. The van der Waals surface area contributed by atoms with Gasteiger partial charge in [-0.3, -0.25) is 0 Å². The Kier molecular flexibility index (Phi) is 4.34. The minimum absolute atomic E-state index is 0.465. The largest absolute Gasteiger partial charge is 0.383 e. The van der Waals surface area contributed by atoms with E-state index in [4.69, 9.17) is 10.5 Å². The Hall–Kier alpha value is -0.680. The standard InChI is InChI=1S/C12H18BrN3O/c1-17-7-9-10(13)11(14)16-12(15-9)8-5-3-2-4-6-8/h8H,2-7H2,1H3,(H2,14,15,16). The molecule has 2 N–H and O–H groups in total. The highest BCUT2D eigenvalue weighted by Gasteiger charge is 2.20. The van der Waals surface area contributed by atoms with Crippen molar-refractivity contribution < 1.29 is 4.74 Å². The second-order valence-electron chi connectivity index (χ2n) is 4.50. The molecular formula is C12H18BrN3O. The lowest BCUT2D eigenvalue weighted by Crippen LogP contribution is -2.12. The third kappa shape index (κ3) is 2.96. The summed E-state index contributed by atoms with van der Waals surface area (Å²) in [5.74, 6) is 1.87. The highest BCUT2D eigenvalue weighted by atomic mass is 79.9. The van der Waals surface area contributed by atoms with E-state index in [-0.39, 0.29) is 0 Å². The predicted molar refractivity (Wildman–Crippen MR) is 70.7 cm³/mol. The number of nitrogens with zero attached hydrogens (tertiary/aromatic N) is 2. The first-order valence-electron chi connectivity index (χ1n) is 6.03. The summed E-state index contributed by atoms with van der Waals surface area (Å²) in [7, 11) is 1.66. The van der Waals surface area contributed by atoms with Crippen molar-refractivity contribution in [2.24, 2.45) is 0 Å². The smallest absolute Gasteiger partial charge is 0.141 e. The van der Waals surface area contributed by atoms with Gasteiger partial charge in [0.25, 0.3) is 0 Å². The number of methoxy groups -OCH3 is 1. The van der Waals surface area contributed by atoms with Crippen LogP contribution >= 0.6 is 15.9 Å². The van der Waals surface area contributed by atoms with E-state index in [1.807, 2.05) is 0 Å². The van der Waals surface area contributed by atoms with Gasteiger partial charge >= 0.3 is 0 Å². The van der Waals surface area contributed by atoms with E-state index >= 15 is 0 Å². The zero-order chi connectivity index (χ0) is 12.3. The number of halogens is 1. The van der Waals surface area contributed by atoms with Crippen molar-refractivity contribution in [1.29, 1.82) is 0 Å². The van der Waals surface area contributed by atoms with Crippen LogP contribution < -0.4 is 5.73 Å². The van der Waals surface area contributed by atoms with Crippen molar-refractivity contribution in [3.8, 4) is 0 Å². The zero-order valence-electron chi connectivity index (χ0n) is 10.1. The molecule has 1 aromatic heterocycles. The Morgan fingerprint density at radius 3 is 2.65 bits per heavy atom. The van der Waals surface area contributed by atoms with Crippen LogP contribution in [0.5, 0.6) is 0 Å². The van der Waals surface area contributed by atoms with Gasteiger partial charge in [0.2, 0.25) is 0 Å². The molecule has 17 heavy (non-hydrogen) atoms. The highest BCUT2D eigenvalue weighted by Crippen LogP contribution is 2.32. The molecule has 1 heterocycles. The Labute approximate surface area is 110 Å². The fourth-order valence-corrected chi connectivity index (χ4v) is 2.60. The van der Waals surface area contributed by atoms with Gasteiger partial charge < -0.3 is 10.5 Å². The minimum atomic E-state index is 0.465. The number of nitrogens with two attached hydrogens (primary N) is 1. The lowest BCUT2D eigenvalue weighted by Gasteiger charge is -2.21. The van der Waals surface area contributed by atoms with Gasteiger partial charge in [-0.15, -0.1) is 0 Å². The van der Waals surface area contributed by atoms with Gasteiger partial charge in [-0.1, -0.05) is 19.3 Å². The number of rotatable bonds is 3. The number of nitrogen functional groups attached to an aromatic ring is 1. The van der Waals surface area contributed by atoms with E-state index in [9.17, 15) is 0 Å². The molecule has 1 aliphatic carbocycles. The lowest BCUT2D eigenvalue weighted by molar-refractivity contribution is 0.180. The van der Waals surface area contributed by atoms with Crippen molar-refractivity contribution in [1.82, 2.24) is 9.97 Å². The number of aromatic nitrogens is 2. The van der Waals surface area contributed by atoms with Crippen LogP contribution in [0.4, 0.5) is 5.82 Å². The van der Waals surface area contributed by atoms with Crippen molar-refractivity contribution >= 4 is 21.7 Å². The average Bonchev–Trinajstić information content (AvgIpc) is 2.36. The summed E-state index contributed by atoms with van der Waals surface area (Å²) in [5, 5.41) is 0. The normalized spacial score (nSPS) is 17.3. The van der Waals surface area contributed by atoms with Crippen molar-refractivity contribution in [3.63, 3.8) is 0 Å². The molecule has 1 fully saturated rings. The van der Waals surface area contributed by atoms with Gasteiger partial charge in [0.15, 0.2) is 0 Å². The molecule has 0 atom stereocenters. The summed E-state index contributed by atoms with van der Waals surface area (Å²) < 4.78 is 5.89. The summed E-state index contributed by atoms with van der Waals surface area (Å²) >= 11 is 3.41. The summed E-state index contributed by atoms with van der Waals surface area (Å²) in [5.41, 5.74) is 6.75. The molecule has 0 spiro atoms. The van der Waals surface area contributed by atoms with Gasteiger partial charge in [0.1, 0.15) is 11.6 Å². The van der Waals surface area contributed by atoms with Crippen molar-refractivity contribution in [2.45, 2.75) is 44.6 Å². The summed E-state index contributed by atoms with van der Waals surface area (Å²) in [4.78, 5) is 8.99. The first-order chi connectivity index (χ1) is 8.22. The topological polar surface area (TPSA) is 61.0 Å². The van der Waals surface area contributed by atoms with E-state index in [0.717, 1.165) is 16.0 Å². The minimum Gasteiger partial charge on any atom is -0.383 e. The predicted octanol–water partition coefficient (Wildman–Crippen LogP) is 3.02. The van der Waals surface area contributed by atoms with Gasteiger partial charge in [-0.05, 0) is 28.8 Å². The van der Waals surface area contributed by atoms with Crippen LogP contribution in [0.3, 0.4) is 0 Å². The summed E-state index contributed by atoms with van der Waals surface area (Å²) in [6.45, 7) is 0.465.